The fraction of sp³-hybridized carbons (Fsp3) is 0.118. The van der Waals surface area contributed by atoms with Crippen LogP contribution in [-0.2, 0) is 0 Å². The van der Waals surface area contributed by atoms with Gasteiger partial charge in [-0.3, -0.25) is 4.98 Å². The molecule has 3 heteroatoms. The minimum absolute atomic E-state index is 0.274. The molecule has 100 valence electrons. The summed E-state index contributed by atoms with van der Waals surface area (Å²) in [5, 5.41) is 1.05. The van der Waals surface area contributed by atoms with E-state index in [0.717, 1.165) is 22.0 Å². The van der Waals surface area contributed by atoms with Crippen LogP contribution in [-0.4, -0.2) is 4.98 Å². The van der Waals surface area contributed by atoms with Crippen molar-refractivity contribution in [3.05, 3.63) is 77.2 Å². The maximum atomic E-state index is 13.9. The summed E-state index contributed by atoms with van der Waals surface area (Å²) in [6, 6.07) is 14.2. The Morgan fingerprint density at radius 1 is 1.10 bits per heavy atom. The van der Waals surface area contributed by atoms with Gasteiger partial charge in [0.2, 0.25) is 0 Å². The van der Waals surface area contributed by atoms with E-state index in [1.165, 1.54) is 6.07 Å². The lowest BCUT2D eigenvalue weighted by Gasteiger charge is -2.14. The quantitative estimate of drug-likeness (QED) is 0.767. The Kier molecular flexibility index (Phi) is 3.20. The first-order valence-corrected chi connectivity index (χ1v) is 6.51. The number of aromatic nitrogens is 1. The predicted molar refractivity (Wildman–Crippen MR) is 78.9 cm³/mol. The molecule has 0 amide bonds. The van der Waals surface area contributed by atoms with Crippen LogP contribution in [0.15, 0.2) is 54.7 Å². The summed E-state index contributed by atoms with van der Waals surface area (Å²) in [5.41, 5.74) is 9.45. The molecule has 0 aliphatic carbocycles. The second-order valence-electron chi connectivity index (χ2n) is 4.96. The molecule has 2 nitrogen and oxygen atoms in total. The molecule has 0 saturated carbocycles. The highest BCUT2D eigenvalue weighted by Crippen LogP contribution is 2.25. The Morgan fingerprint density at radius 3 is 2.80 bits per heavy atom. The molecule has 2 N–H and O–H groups in total. The van der Waals surface area contributed by atoms with Crippen LogP contribution in [0, 0.1) is 12.7 Å². The molecule has 0 saturated heterocycles. The second-order valence-corrected chi connectivity index (χ2v) is 4.96. The highest BCUT2D eigenvalue weighted by atomic mass is 19.1. The monoisotopic (exact) mass is 266 g/mol. The normalized spacial score (nSPS) is 12.6. The molecule has 0 bridgehead atoms. The van der Waals surface area contributed by atoms with E-state index in [-0.39, 0.29) is 5.82 Å². The molecule has 1 aromatic heterocycles. The van der Waals surface area contributed by atoms with Gasteiger partial charge in [-0.2, -0.15) is 0 Å². The SMILES string of the molecule is Cc1ccc(F)c(C(N)c2ccc3cccnc3c2)c1. The molecule has 0 radical (unpaired) electrons. The van der Waals surface area contributed by atoms with Crippen molar-refractivity contribution in [3.63, 3.8) is 0 Å². The third-order valence-corrected chi connectivity index (χ3v) is 3.48. The molecular formula is C17H15FN2. The molecule has 1 unspecified atom stereocenters. The van der Waals surface area contributed by atoms with Crippen molar-refractivity contribution in [2.45, 2.75) is 13.0 Å². The Hall–Kier alpha value is -2.26. The number of pyridine rings is 1. The van der Waals surface area contributed by atoms with E-state index in [9.17, 15) is 4.39 Å². The Morgan fingerprint density at radius 2 is 1.95 bits per heavy atom. The van der Waals surface area contributed by atoms with E-state index in [2.05, 4.69) is 4.98 Å². The van der Waals surface area contributed by atoms with Crippen LogP contribution >= 0.6 is 0 Å². The molecule has 3 aromatic rings. The third kappa shape index (κ3) is 2.28. The number of aryl methyl sites for hydroxylation is 1. The zero-order valence-corrected chi connectivity index (χ0v) is 11.2. The van der Waals surface area contributed by atoms with Gasteiger partial charge in [-0.25, -0.2) is 4.39 Å². The number of benzene rings is 2. The van der Waals surface area contributed by atoms with Crippen LogP contribution in [0.1, 0.15) is 22.7 Å². The van der Waals surface area contributed by atoms with E-state index >= 15 is 0 Å². The number of hydrogen-bond acceptors (Lipinski definition) is 2. The number of nitrogens with two attached hydrogens (primary N) is 1. The topological polar surface area (TPSA) is 38.9 Å². The molecule has 0 aliphatic rings. The average molecular weight is 266 g/mol. The van der Waals surface area contributed by atoms with Crippen LogP contribution < -0.4 is 5.73 Å². The summed E-state index contributed by atoms with van der Waals surface area (Å²) in [5.74, 6) is -0.274. The maximum absolute atomic E-state index is 13.9. The summed E-state index contributed by atoms with van der Waals surface area (Å²) in [6.07, 6.45) is 1.74. The van der Waals surface area contributed by atoms with E-state index in [1.807, 2.05) is 37.3 Å². The molecule has 20 heavy (non-hydrogen) atoms. The van der Waals surface area contributed by atoms with Crippen molar-refractivity contribution in [3.8, 4) is 0 Å². The van der Waals surface area contributed by atoms with E-state index in [1.54, 1.807) is 18.3 Å². The van der Waals surface area contributed by atoms with Crippen molar-refractivity contribution in [1.29, 1.82) is 0 Å². The van der Waals surface area contributed by atoms with E-state index in [4.69, 9.17) is 5.73 Å². The van der Waals surface area contributed by atoms with Gasteiger partial charge in [0.15, 0.2) is 0 Å². The first-order chi connectivity index (χ1) is 9.65. The fourth-order valence-corrected chi connectivity index (χ4v) is 2.36. The lowest BCUT2D eigenvalue weighted by Crippen LogP contribution is -2.13. The highest BCUT2D eigenvalue weighted by Gasteiger charge is 2.14. The number of hydrogen-bond donors (Lipinski definition) is 1. The second kappa shape index (κ2) is 5.02. The van der Waals surface area contributed by atoms with E-state index < -0.39 is 6.04 Å². The molecular weight excluding hydrogens is 251 g/mol. The van der Waals surface area contributed by atoms with Crippen molar-refractivity contribution >= 4 is 10.9 Å². The summed E-state index contributed by atoms with van der Waals surface area (Å²) < 4.78 is 13.9. The highest BCUT2D eigenvalue weighted by molar-refractivity contribution is 5.79. The van der Waals surface area contributed by atoms with Gasteiger partial charge in [-0.15, -0.1) is 0 Å². The Balaban J connectivity index is 2.07. The third-order valence-electron chi connectivity index (χ3n) is 3.48. The fourth-order valence-electron chi connectivity index (χ4n) is 2.36. The first-order valence-electron chi connectivity index (χ1n) is 6.51. The van der Waals surface area contributed by atoms with Crippen LogP contribution in [0.2, 0.25) is 0 Å². The number of rotatable bonds is 2. The smallest absolute Gasteiger partial charge is 0.128 e. The van der Waals surface area contributed by atoms with Crippen LogP contribution in [0.4, 0.5) is 4.39 Å². The predicted octanol–water partition coefficient (Wildman–Crippen LogP) is 3.73. The average Bonchev–Trinajstić information content (AvgIpc) is 2.48. The molecule has 0 fully saturated rings. The van der Waals surface area contributed by atoms with Gasteiger partial charge in [0.05, 0.1) is 11.6 Å². The molecule has 0 spiro atoms. The minimum atomic E-state index is -0.485. The summed E-state index contributed by atoms with van der Waals surface area (Å²) in [6.45, 7) is 1.93. The first kappa shape index (κ1) is 12.8. The van der Waals surface area contributed by atoms with Crippen molar-refractivity contribution in [2.75, 3.05) is 0 Å². The van der Waals surface area contributed by atoms with Crippen LogP contribution in [0.25, 0.3) is 10.9 Å². The molecule has 2 aromatic carbocycles. The zero-order valence-electron chi connectivity index (χ0n) is 11.2. The molecule has 0 aliphatic heterocycles. The Bertz CT molecular complexity index is 768. The lowest BCUT2D eigenvalue weighted by molar-refractivity contribution is 0.599. The Labute approximate surface area is 117 Å². The van der Waals surface area contributed by atoms with Crippen molar-refractivity contribution in [1.82, 2.24) is 4.98 Å². The van der Waals surface area contributed by atoms with Gasteiger partial charge >= 0.3 is 0 Å². The lowest BCUT2D eigenvalue weighted by atomic mass is 9.96. The van der Waals surface area contributed by atoms with Gasteiger partial charge in [0.1, 0.15) is 5.82 Å². The summed E-state index contributed by atoms with van der Waals surface area (Å²) in [7, 11) is 0. The van der Waals surface area contributed by atoms with Gasteiger partial charge in [-0.1, -0.05) is 35.9 Å². The van der Waals surface area contributed by atoms with Gasteiger partial charge in [0.25, 0.3) is 0 Å². The minimum Gasteiger partial charge on any atom is -0.320 e. The largest absolute Gasteiger partial charge is 0.320 e. The van der Waals surface area contributed by atoms with Gasteiger partial charge in [-0.05, 0) is 30.7 Å². The van der Waals surface area contributed by atoms with Gasteiger partial charge in [0, 0.05) is 17.1 Å². The van der Waals surface area contributed by atoms with Crippen LogP contribution in [0.5, 0.6) is 0 Å². The maximum Gasteiger partial charge on any atom is 0.128 e. The van der Waals surface area contributed by atoms with Crippen molar-refractivity contribution < 1.29 is 4.39 Å². The van der Waals surface area contributed by atoms with Crippen molar-refractivity contribution in [2.24, 2.45) is 5.73 Å². The number of halogens is 1. The summed E-state index contributed by atoms with van der Waals surface area (Å²) >= 11 is 0. The molecule has 1 heterocycles. The number of fused-ring (bicyclic) bond motifs is 1. The molecule has 3 rings (SSSR count). The standard InChI is InChI=1S/C17H15FN2/c1-11-4-7-15(18)14(9-11)17(19)13-6-5-12-3-2-8-20-16(12)10-13/h2-10,17H,19H2,1H3. The number of nitrogens with zero attached hydrogens (tertiary/aromatic N) is 1. The van der Waals surface area contributed by atoms with Gasteiger partial charge < -0.3 is 5.73 Å². The van der Waals surface area contributed by atoms with E-state index in [0.29, 0.717) is 5.56 Å². The summed E-state index contributed by atoms with van der Waals surface area (Å²) in [4.78, 5) is 4.31. The molecule has 1 atom stereocenters. The zero-order chi connectivity index (χ0) is 14.1. The van der Waals surface area contributed by atoms with Crippen LogP contribution in [0.3, 0.4) is 0 Å².